The third kappa shape index (κ3) is 4.79. The normalized spacial score (nSPS) is 11.5. The van der Waals surface area contributed by atoms with Crippen molar-refractivity contribution in [2.45, 2.75) is 26.3 Å². The number of pyridine rings is 1. The molecule has 0 saturated heterocycles. The molecule has 0 unspecified atom stereocenters. The van der Waals surface area contributed by atoms with E-state index in [9.17, 15) is 9.18 Å². The van der Waals surface area contributed by atoms with Gasteiger partial charge in [0, 0.05) is 32.1 Å². The fourth-order valence-corrected chi connectivity index (χ4v) is 3.66. The van der Waals surface area contributed by atoms with Gasteiger partial charge in [-0.05, 0) is 36.8 Å². The van der Waals surface area contributed by atoms with Crippen LogP contribution in [-0.2, 0) is 19.4 Å². The summed E-state index contributed by atoms with van der Waals surface area (Å²) >= 11 is 0. The number of anilines is 1. The van der Waals surface area contributed by atoms with Crippen LogP contribution < -0.4 is 16.3 Å². The SMILES string of the molecule is Cc1ccc2nc(CCNCCc3nc4c(NCc5ncccc5F)[nH]c(=O)nc4o3)[nH]c2c1. The molecule has 0 spiro atoms. The minimum atomic E-state index is -0.585. The Kier molecular flexibility index (Phi) is 6.00. The van der Waals surface area contributed by atoms with E-state index in [2.05, 4.69) is 53.5 Å². The molecule has 0 saturated carbocycles. The van der Waals surface area contributed by atoms with E-state index in [1.54, 1.807) is 0 Å². The number of fused-ring (bicyclic) bond motifs is 2. The van der Waals surface area contributed by atoms with E-state index in [-0.39, 0.29) is 18.0 Å². The average molecular weight is 462 g/mol. The first-order chi connectivity index (χ1) is 16.5. The number of H-pyrrole nitrogens is 2. The van der Waals surface area contributed by atoms with E-state index in [1.807, 2.05) is 12.1 Å². The van der Waals surface area contributed by atoms with Crippen molar-refractivity contribution < 1.29 is 8.81 Å². The summed E-state index contributed by atoms with van der Waals surface area (Å²) in [6.07, 6.45) is 2.77. The lowest BCUT2D eigenvalue weighted by molar-refractivity contribution is 0.507. The zero-order chi connectivity index (χ0) is 23.5. The number of benzene rings is 1. The number of nitrogens with zero attached hydrogens (tertiary/aromatic N) is 4. The van der Waals surface area contributed by atoms with Gasteiger partial charge in [-0.1, -0.05) is 6.07 Å². The van der Waals surface area contributed by atoms with Crippen LogP contribution >= 0.6 is 0 Å². The maximum atomic E-state index is 13.8. The highest BCUT2D eigenvalue weighted by Gasteiger charge is 2.14. The number of rotatable bonds is 9. The largest absolute Gasteiger partial charge is 0.422 e. The van der Waals surface area contributed by atoms with Gasteiger partial charge in [0.25, 0.3) is 5.71 Å². The molecule has 0 aliphatic rings. The zero-order valence-corrected chi connectivity index (χ0v) is 18.5. The Morgan fingerprint density at radius 3 is 2.85 bits per heavy atom. The molecule has 4 aromatic heterocycles. The predicted octanol–water partition coefficient (Wildman–Crippen LogP) is 2.62. The summed E-state index contributed by atoms with van der Waals surface area (Å²) in [6, 6.07) is 8.99. The molecule has 1 aromatic carbocycles. The number of aromatic amines is 2. The van der Waals surface area contributed by atoms with E-state index in [0.717, 1.165) is 29.8 Å². The number of nitrogens with one attached hydrogen (secondary N) is 4. The van der Waals surface area contributed by atoms with Crippen LogP contribution in [0.4, 0.5) is 10.2 Å². The Morgan fingerprint density at radius 1 is 1.09 bits per heavy atom. The Labute approximate surface area is 193 Å². The molecule has 34 heavy (non-hydrogen) atoms. The third-order valence-corrected chi connectivity index (χ3v) is 5.33. The fraction of sp³-hybridized carbons (Fsp3) is 0.261. The van der Waals surface area contributed by atoms with Crippen LogP contribution in [0.5, 0.6) is 0 Å². The molecule has 0 aliphatic carbocycles. The first-order valence-electron chi connectivity index (χ1n) is 10.9. The molecule has 0 atom stereocenters. The molecule has 0 bridgehead atoms. The van der Waals surface area contributed by atoms with E-state index >= 15 is 0 Å². The van der Waals surface area contributed by atoms with Crippen LogP contribution in [0.2, 0.25) is 0 Å². The second kappa shape index (κ2) is 9.40. The van der Waals surface area contributed by atoms with Crippen LogP contribution in [0.15, 0.2) is 45.7 Å². The van der Waals surface area contributed by atoms with Gasteiger partial charge in [0.05, 0.1) is 23.3 Å². The number of imidazole rings is 1. The minimum Gasteiger partial charge on any atom is -0.422 e. The topological polar surface area (TPSA) is 137 Å². The van der Waals surface area contributed by atoms with Crippen molar-refractivity contribution in [1.29, 1.82) is 0 Å². The number of aryl methyl sites for hydroxylation is 1. The van der Waals surface area contributed by atoms with Crippen molar-refractivity contribution in [2.75, 3.05) is 18.4 Å². The first-order valence-corrected chi connectivity index (χ1v) is 10.9. The molecule has 0 amide bonds. The standard InChI is InChI=1S/C23H23FN8O2/c1-13-4-5-15-16(11-13)29-18(28-15)6-9-25-10-7-19-30-20-21(31-23(33)32-22(20)34-19)27-12-17-14(24)3-2-8-26-17/h2-5,8,11,25H,6-7,9-10,12H2,1H3,(H,28,29)(H2,27,31,32,33). The van der Waals surface area contributed by atoms with E-state index in [1.165, 1.54) is 23.9 Å². The number of hydrogen-bond acceptors (Lipinski definition) is 8. The predicted molar refractivity (Wildman–Crippen MR) is 125 cm³/mol. The lowest BCUT2D eigenvalue weighted by atomic mass is 10.2. The highest BCUT2D eigenvalue weighted by Crippen LogP contribution is 2.19. The summed E-state index contributed by atoms with van der Waals surface area (Å²) in [5, 5.41) is 6.31. The fourth-order valence-electron chi connectivity index (χ4n) is 3.66. The summed E-state index contributed by atoms with van der Waals surface area (Å²) in [7, 11) is 0. The molecule has 4 heterocycles. The Hall–Kier alpha value is -4.12. The van der Waals surface area contributed by atoms with E-state index in [0.29, 0.717) is 30.2 Å². The Balaban J connectivity index is 1.18. The van der Waals surface area contributed by atoms with Gasteiger partial charge < -0.3 is 20.0 Å². The van der Waals surface area contributed by atoms with Crippen molar-refractivity contribution in [3.8, 4) is 0 Å². The maximum absolute atomic E-state index is 13.8. The van der Waals surface area contributed by atoms with Gasteiger partial charge >= 0.3 is 5.69 Å². The minimum absolute atomic E-state index is 0.0762. The van der Waals surface area contributed by atoms with Gasteiger partial charge in [-0.25, -0.2) is 19.2 Å². The average Bonchev–Trinajstić information content (AvgIpc) is 3.41. The Bertz CT molecular complexity index is 1510. The smallest absolute Gasteiger partial charge is 0.349 e. The summed E-state index contributed by atoms with van der Waals surface area (Å²) in [4.78, 5) is 34.7. The second-order valence-electron chi connectivity index (χ2n) is 7.92. The van der Waals surface area contributed by atoms with Crippen molar-refractivity contribution in [2.24, 2.45) is 0 Å². The summed E-state index contributed by atoms with van der Waals surface area (Å²) in [5.41, 5.74) is 3.34. The molecule has 0 fully saturated rings. The van der Waals surface area contributed by atoms with Gasteiger partial charge in [0.1, 0.15) is 17.5 Å². The van der Waals surface area contributed by atoms with E-state index < -0.39 is 11.5 Å². The molecule has 5 aromatic rings. The number of hydrogen-bond donors (Lipinski definition) is 4. The molecule has 0 aliphatic heterocycles. The second-order valence-corrected chi connectivity index (χ2v) is 7.92. The van der Waals surface area contributed by atoms with E-state index in [4.69, 9.17) is 4.42 Å². The van der Waals surface area contributed by atoms with Gasteiger partial charge in [0.2, 0.25) is 0 Å². The molecular weight excluding hydrogens is 439 g/mol. The highest BCUT2D eigenvalue weighted by molar-refractivity contribution is 5.80. The summed E-state index contributed by atoms with van der Waals surface area (Å²) < 4.78 is 19.5. The molecule has 174 valence electrons. The van der Waals surface area contributed by atoms with Gasteiger partial charge in [0.15, 0.2) is 11.4 Å². The summed E-state index contributed by atoms with van der Waals surface area (Å²) in [5.74, 6) is 1.24. The van der Waals surface area contributed by atoms with Crippen LogP contribution in [0.25, 0.3) is 22.3 Å². The third-order valence-electron chi connectivity index (χ3n) is 5.33. The molecule has 10 nitrogen and oxygen atoms in total. The molecule has 5 rings (SSSR count). The lowest BCUT2D eigenvalue weighted by Gasteiger charge is -2.05. The number of aromatic nitrogens is 6. The van der Waals surface area contributed by atoms with Crippen molar-refractivity contribution >= 4 is 28.1 Å². The molecule has 0 radical (unpaired) electrons. The van der Waals surface area contributed by atoms with Crippen molar-refractivity contribution in [3.05, 3.63) is 75.8 Å². The van der Waals surface area contributed by atoms with Crippen molar-refractivity contribution in [1.82, 2.24) is 35.2 Å². The molecule has 4 N–H and O–H groups in total. The number of halogens is 1. The van der Waals surface area contributed by atoms with Gasteiger partial charge in [-0.2, -0.15) is 4.98 Å². The van der Waals surface area contributed by atoms with Crippen LogP contribution in [-0.4, -0.2) is 43.0 Å². The molecular formula is C23H23FN8O2. The van der Waals surface area contributed by atoms with Crippen LogP contribution in [0.3, 0.4) is 0 Å². The van der Waals surface area contributed by atoms with Crippen molar-refractivity contribution in [3.63, 3.8) is 0 Å². The number of oxazole rings is 1. The monoisotopic (exact) mass is 462 g/mol. The van der Waals surface area contributed by atoms with Gasteiger partial charge in [-0.3, -0.25) is 9.97 Å². The summed E-state index contributed by atoms with van der Waals surface area (Å²) in [6.45, 7) is 3.49. The lowest BCUT2D eigenvalue weighted by Crippen LogP contribution is -2.20. The Morgan fingerprint density at radius 2 is 1.97 bits per heavy atom. The van der Waals surface area contributed by atoms with Crippen LogP contribution in [0, 0.1) is 12.7 Å². The first kappa shape index (κ1) is 21.7. The zero-order valence-electron chi connectivity index (χ0n) is 18.5. The highest BCUT2D eigenvalue weighted by atomic mass is 19.1. The quantitative estimate of drug-likeness (QED) is 0.245. The molecule has 11 heteroatoms. The van der Waals surface area contributed by atoms with Gasteiger partial charge in [-0.15, -0.1) is 0 Å². The maximum Gasteiger partial charge on any atom is 0.349 e. The van der Waals surface area contributed by atoms with Crippen LogP contribution in [0.1, 0.15) is 23.0 Å².